The maximum Gasteiger partial charge on any atom is 0.462 e. The molecule has 1 rings (SSSR count). The van der Waals surface area contributed by atoms with Crippen LogP contribution in [0.3, 0.4) is 0 Å². The second-order valence-electron chi connectivity index (χ2n) is 4.87. The first-order valence-electron chi connectivity index (χ1n) is 6.31. The predicted octanol–water partition coefficient (Wildman–Crippen LogP) is 4.94. The molecule has 0 aliphatic rings. The van der Waals surface area contributed by atoms with Gasteiger partial charge in [-0.05, 0) is 12.1 Å². The average Bonchev–Trinajstić information content (AvgIpc) is 2.48. The minimum absolute atomic E-state index is 0.0769. The highest BCUT2D eigenvalue weighted by Crippen LogP contribution is 2.51. The van der Waals surface area contributed by atoms with Gasteiger partial charge in [-0.15, -0.1) is 0 Å². The number of halogens is 13. The minimum Gasteiger partial charge on any atom is -0.321 e. The summed E-state index contributed by atoms with van der Waals surface area (Å²) in [5.41, 5.74) is -1.20. The number of carbonyl (C=O) groups is 1. The van der Waals surface area contributed by atoms with Crippen LogP contribution in [0.1, 0.15) is 0 Å². The summed E-state index contributed by atoms with van der Waals surface area (Å²) in [5.74, 6) is -20.6. The Morgan fingerprint density at radius 2 is 1.29 bits per heavy atom. The van der Waals surface area contributed by atoms with Gasteiger partial charge in [0.25, 0.3) is 5.91 Å². The van der Waals surface area contributed by atoms with E-state index in [-0.39, 0.29) is 18.2 Å². The van der Waals surface area contributed by atoms with Crippen LogP contribution >= 0.6 is 0 Å². The van der Waals surface area contributed by atoms with E-state index in [1.165, 1.54) is 0 Å². The number of ether oxygens (including phenoxy) is 1. The van der Waals surface area contributed by atoms with Gasteiger partial charge in [0.2, 0.25) is 0 Å². The second-order valence-corrected chi connectivity index (χ2v) is 4.87. The first-order chi connectivity index (χ1) is 12.3. The quantitative estimate of drug-likeness (QED) is 0.658. The Bertz CT molecular complexity index is 742. The zero-order valence-corrected chi connectivity index (χ0v) is 12.5. The maximum atomic E-state index is 13.9. The molecule has 0 spiro atoms. The smallest absolute Gasteiger partial charge is 0.321 e. The van der Waals surface area contributed by atoms with Gasteiger partial charge < -0.3 is 5.32 Å². The van der Waals surface area contributed by atoms with E-state index in [0.29, 0.717) is 0 Å². The molecular weight excluding hydrogens is 437 g/mol. The van der Waals surface area contributed by atoms with Crippen LogP contribution in [-0.4, -0.2) is 36.1 Å². The molecule has 0 unspecified atom stereocenters. The summed E-state index contributed by atoms with van der Waals surface area (Å²) in [5, 5.41) is 0.745. The van der Waals surface area contributed by atoms with Crippen molar-refractivity contribution in [2.24, 2.45) is 0 Å². The van der Waals surface area contributed by atoms with Crippen LogP contribution in [0.4, 0.5) is 62.8 Å². The molecule has 28 heavy (non-hydrogen) atoms. The summed E-state index contributed by atoms with van der Waals surface area (Å²) >= 11 is 0. The number of hydrogen-bond acceptors (Lipinski definition) is 2. The third-order valence-corrected chi connectivity index (χ3v) is 2.82. The standard InChI is InChI=1S/C12H4F13NO2/c13-5-2-1-4(3-6(5)14)26-7(27)8(15,10(18,19)20)28-12(24,25)9(16,17)11(21,22)23/h1-3H,(H,26,27)/t8-/m0/s1. The van der Waals surface area contributed by atoms with Crippen molar-refractivity contribution in [2.75, 3.05) is 5.32 Å². The van der Waals surface area contributed by atoms with Gasteiger partial charge in [0, 0.05) is 11.8 Å². The predicted molar refractivity (Wildman–Crippen MR) is 61.9 cm³/mol. The third-order valence-electron chi connectivity index (χ3n) is 2.82. The number of anilines is 1. The molecule has 3 nitrogen and oxygen atoms in total. The Morgan fingerprint density at radius 3 is 1.68 bits per heavy atom. The Morgan fingerprint density at radius 1 is 0.786 bits per heavy atom. The lowest BCUT2D eigenvalue weighted by atomic mass is 10.2. The van der Waals surface area contributed by atoms with Crippen LogP contribution in [0, 0.1) is 11.6 Å². The van der Waals surface area contributed by atoms with E-state index in [0.717, 1.165) is 5.32 Å². The van der Waals surface area contributed by atoms with Crippen molar-refractivity contribution in [1.82, 2.24) is 0 Å². The van der Waals surface area contributed by atoms with Crippen molar-refractivity contribution in [1.29, 1.82) is 0 Å². The number of carbonyl (C=O) groups excluding carboxylic acids is 1. The van der Waals surface area contributed by atoms with Crippen molar-refractivity contribution in [2.45, 2.75) is 30.2 Å². The van der Waals surface area contributed by atoms with Gasteiger partial charge in [-0.25, -0.2) is 8.78 Å². The summed E-state index contributed by atoms with van der Waals surface area (Å²) < 4.78 is 167. The topological polar surface area (TPSA) is 38.3 Å². The van der Waals surface area contributed by atoms with Crippen LogP contribution in [-0.2, 0) is 9.53 Å². The van der Waals surface area contributed by atoms with E-state index < -0.39 is 53.5 Å². The fraction of sp³-hybridized carbons (Fsp3) is 0.417. The number of alkyl halides is 11. The third kappa shape index (κ3) is 4.25. The highest BCUT2D eigenvalue weighted by atomic mass is 19.4. The average molecular weight is 441 g/mol. The van der Waals surface area contributed by atoms with Crippen molar-refractivity contribution in [3.63, 3.8) is 0 Å². The molecule has 0 heterocycles. The van der Waals surface area contributed by atoms with Crippen LogP contribution < -0.4 is 5.32 Å². The summed E-state index contributed by atoms with van der Waals surface area (Å²) in [7, 11) is 0. The molecule has 0 aromatic heterocycles. The van der Waals surface area contributed by atoms with Crippen LogP contribution in [0.25, 0.3) is 0 Å². The summed E-state index contributed by atoms with van der Waals surface area (Å²) in [6.45, 7) is 0. The van der Waals surface area contributed by atoms with Crippen LogP contribution in [0.2, 0.25) is 0 Å². The lowest BCUT2D eigenvalue weighted by Gasteiger charge is -2.34. The lowest BCUT2D eigenvalue weighted by molar-refractivity contribution is -0.472. The number of nitrogens with one attached hydrogen (secondary N) is 1. The molecule has 1 N–H and O–H groups in total. The maximum absolute atomic E-state index is 13.9. The molecule has 0 radical (unpaired) electrons. The van der Waals surface area contributed by atoms with E-state index >= 15 is 0 Å². The van der Waals surface area contributed by atoms with Crippen molar-refractivity contribution >= 4 is 11.6 Å². The fourth-order valence-corrected chi connectivity index (χ4v) is 1.42. The molecule has 0 saturated heterocycles. The number of hydrogen-bond donors (Lipinski definition) is 1. The molecule has 0 aliphatic carbocycles. The number of rotatable bonds is 5. The van der Waals surface area contributed by atoms with Gasteiger partial charge in [-0.3, -0.25) is 9.53 Å². The molecule has 160 valence electrons. The number of benzene rings is 1. The van der Waals surface area contributed by atoms with Gasteiger partial charge in [0.05, 0.1) is 0 Å². The highest BCUT2D eigenvalue weighted by Gasteiger charge is 2.79. The Labute approximate surface area is 145 Å². The number of amides is 1. The summed E-state index contributed by atoms with van der Waals surface area (Å²) in [6, 6.07) is 0.383. The minimum atomic E-state index is -7.34. The molecule has 16 heteroatoms. The summed E-state index contributed by atoms with van der Waals surface area (Å²) in [6.07, 6.45) is -21.3. The van der Waals surface area contributed by atoms with Gasteiger partial charge in [0.15, 0.2) is 11.6 Å². The lowest BCUT2D eigenvalue weighted by Crippen LogP contribution is -2.62. The molecule has 1 aromatic rings. The van der Waals surface area contributed by atoms with Crippen molar-refractivity contribution in [3.05, 3.63) is 29.8 Å². The molecule has 1 aromatic carbocycles. The van der Waals surface area contributed by atoms with E-state index in [9.17, 15) is 61.9 Å². The fourth-order valence-electron chi connectivity index (χ4n) is 1.42. The molecular formula is C12H4F13NO2. The molecule has 0 bridgehead atoms. The monoisotopic (exact) mass is 441 g/mol. The largest absolute Gasteiger partial charge is 0.462 e. The van der Waals surface area contributed by atoms with Crippen molar-refractivity contribution < 1.29 is 66.6 Å². The van der Waals surface area contributed by atoms with E-state index in [2.05, 4.69) is 0 Å². The Hall–Kier alpha value is -2.26. The normalized spacial score (nSPS) is 15.9. The molecule has 0 saturated carbocycles. The van der Waals surface area contributed by atoms with Gasteiger partial charge in [-0.1, -0.05) is 0 Å². The van der Waals surface area contributed by atoms with Crippen LogP contribution in [0.5, 0.6) is 0 Å². The van der Waals surface area contributed by atoms with Gasteiger partial charge in [0.1, 0.15) is 0 Å². The van der Waals surface area contributed by atoms with Gasteiger partial charge >= 0.3 is 30.2 Å². The molecule has 0 aliphatic heterocycles. The first-order valence-corrected chi connectivity index (χ1v) is 6.31. The SMILES string of the molecule is O=C(Nc1ccc(F)c(F)c1)[C@](F)(OC(F)(F)C(F)(F)C(F)(F)F)C(F)(F)F. The van der Waals surface area contributed by atoms with E-state index in [1.54, 1.807) is 0 Å². The second kappa shape index (κ2) is 6.97. The first kappa shape index (κ1) is 23.8. The zero-order valence-electron chi connectivity index (χ0n) is 12.5. The van der Waals surface area contributed by atoms with E-state index in [1.807, 2.05) is 4.74 Å². The molecule has 0 fully saturated rings. The zero-order chi connectivity index (χ0) is 22.3. The highest BCUT2D eigenvalue weighted by molar-refractivity contribution is 5.96. The Kier molecular flexibility index (Phi) is 5.92. The molecule has 1 atom stereocenters. The molecule has 1 amide bonds. The van der Waals surface area contributed by atoms with Crippen molar-refractivity contribution in [3.8, 4) is 0 Å². The van der Waals surface area contributed by atoms with E-state index in [4.69, 9.17) is 0 Å². The summed E-state index contributed by atoms with van der Waals surface area (Å²) in [4.78, 5) is 11.3. The van der Waals surface area contributed by atoms with Gasteiger partial charge in [-0.2, -0.15) is 48.3 Å². The Balaban J connectivity index is 3.32. The van der Waals surface area contributed by atoms with Crippen LogP contribution in [0.15, 0.2) is 18.2 Å².